The van der Waals surface area contributed by atoms with Crippen molar-refractivity contribution in [1.82, 2.24) is 14.8 Å². The molecule has 0 spiro atoms. The molecule has 1 saturated heterocycles. The maximum Gasteiger partial charge on any atom is 0.261 e. The molecule has 1 aliphatic rings. The largest absolute Gasteiger partial charge is 0.384 e. The van der Waals surface area contributed by atoms with Crippen LogP contribution in [-0.2, 0) is 11.2 Å². The van der Waals surface area contributed by atoms with Gasteiger partial charge in [0.15, 0.2) is 0 Å². The Kier molecular flexibility index (Phi) is 9.64. The van der Waals surface area contributed by atoms with Crippen molar-refractivity contribution in [1.29, 1.82) is 0 Å². The molecule has 0 bridgehead atoms. The van der Waals surface area contributed by atoms with Gasteiger partial charge >= 0.3 is 0 Å². The Hall–Kier alpha value is -4.24. The zero-order chi connectivity index (χ0) is 27.6. The van der Waals surface area contributed by atoms with Crippen LogP contribution in [0.2, 0.25) is 0 Å². The summed E-state index contributed by atoms with van der Waals surface area (Å²) in [5, 5.41) is 3.29. The Morgan fingerprint density at radius 1 is 1.15 bits per heavy atom. The number of aryl methyl sites for hydroxylation is 1. The number of carbonyl (C=O) groups excluding carboxylic acids is 2. The van der Waals surface area contributed by atoms with Gasteiger partial charge in [-0.05, 0) is 87.6 Å². The summed E-state index contributed by atoms with van der Waals surface area (Å²) in [5.74, 6) is -0.272. The van der Waals surface area contributed by atoms with E-state index in [-0.39, 0.29) is 22.9 Å². The number of benzene rings is 2. The van der Waals surface area contributed by atoms with Crippen molar-refractivity contribution in [2.24, 2.45) is 10.7 Å². The van der Waals surface area contributed by atoms with E-state index in [1.165, 1.54) is 23.3 Å². The van der Waals surface area contributed by atoms with Gasteiger partial charge in [-0.3, -0.25) is 19.3 Å². The van der Waals surface area contributed by atoms with Crippen LogP contribution in [0.4, 0.5) is 11.4 Å². The molecule has 1 fully saturated rings. The average Bonchev–Trinajstić information content (AvgIpc) is 3.45. The summed E-state index contributed by atoms with van der Waals surface area (Å²) < 4.78 is 0. The lowest BCUT2D eigenvalue weighted by Gasteiger charge is -2.19. The number of amides is 2. The Balaban J connectivity index is 1.44. The van der Waals surface area contributed by atoms with Gasteiger partial charge in [-0.1, -0.05) is 30.3 Å². The molecule has 204 valence electrons. The Morgan fingerprint density at radius 3 is 2.64 bits per heavy atom. The van der Waals surface area contributed by atoms with Crippen molar-refractivity contribution < 1.29 is 9.59 Å². The van der Waals surface area contributed by atoms with E-state index >= 15 is 0 Å². The number of nitrogens with zero attached hydrogens (tertiary/aromatic N) is 3. The number of H-pyrrole nitrogens is 1. The van der Waals surface area contributed by atoms with Gasteiger partial charge < -0.3 is 20.9 Å². The predicted octanol–water partition coefficient (Wildman–Crippen LogP) is 3.46. The zero-order valence-electron chi connectivity index (χ0n) is 22.4. The first-order valence-electron chi connectivity index (χ1n) is 13.4. The number of imide groups is 1. The van der Waals surface area contributed by atoms with E-state index in [1.54, 1.807) is 37.4 Å². The predicted molar refractivity (Wildman–Crippen MR) is 155 cm³/mol. The molecular formula is C30H36N6O3. The third kappa shape index (κ3) is 7.42. The third-order valence-corrected chi connectivity index (χ3v) is 6.94. The highest BCUT2D eigenvalue weighted by atomic mass is 16.2. The van der Waals surface area contributed by atoms with Crippen molar-refractivity contribution >= 4 is 29.5 Å². The molecule has 2 amide bonds. The quantitative estimate of drug-likeness (QED) is 0.188. The highest BCUT2D eigenvalue weighted by Gasteiger charge is 2.19. The van der Waals surface area contributed by atoms with Crippen LogP contribution in [0.5, 0.6) is 0 Å². The Bertz CT molecular complexity index is 1360. The van der Waals surface area contributed by atoms with E-state index in [0.717, 1.165) is 32.5 Å². The van der Waals surface area contributed by atoms with Crippen LogP contribution >= 0.6 is 0 Å². The number of hydrogen-bond acceptors (Lipinski definition) is 6. The second kappa shape index (κ2) is 13.5. The smallest absolute Gasteiger partial charge is 0.261 e. The Morgan fingerprint density at radius 2 is 1.92 bits per heavy atom. The van der Waals surface area contributed by atoms with Crippen molar-refractivity contribution in [2.45, 2.75) is 32.6 Å². The van der Waals surface area contributed by atoms with E-state index in [1.807, 2.05) is 18.2 Å². The van der Waals surface area contributed by atoms with Gasteiger partial charge in [0.2, 0.25) is 6.41 Å². The van der Waals surface area contributed by atoms with Gasteiger partial charge in [-0.25, -0.2) is 4.99 Å². The standard InChI is InChI=1S/C30H36N6O3/c1-22-20-24(10-11-25(22)30(39)36(21-37)19-7-18-35-16-5-6-17-35)34-28(31)27-26(13-15-33-29(27)38)32-14-12-23-8-3-2-4-9-23/h2-4,8-11,13,15,20-21H,5-7,12,14,16-19H2,1H3,(H2,31,34)(H2,32,33,38). The first-order valence-corrected chi connectivity index (χ1v) is 13.4. The fourth-order valence-electron chi connectivity index (χ4n) is 4.85. The van der Waals surface area contributed by atoms with Crippen molar-refractivity contribution in [3.05, 3.63) is 93.4 Å². The summed E-state index contributed by atoms with van der Waals surface area (Å²) in [4.78, 5) is 48.1. The first-order chi connectivity index (χ1) is 19.0. The minimum Gasteiger partial charge on any atom is -0.384 e. The monoisotopic (exact) mass is 528 g/mol. The molecule has 0 unspecified atom stereocenters. The van der Waals surface area contributed by atoms with Gasteiger partial charge in [0, 0.05) is 24.8 Å². The van der Waals surface area contributed by atoms with E-state index in [9.17, 15) is 14.4 Å². The van der Waals surface area contributed by atoms with Crippen LogP contribution in [0.25, 0.3) is 0 Å². The summed E-state index contributed by atoms with van der Waals surface area (Å²) in [5.41, 5.74) is 9.60. The Labute approximate surface area is 228 Å². The van der Waals surface area contributed by atoms with Crippen molar-refractivity contribution in [3.8, 4) is 0 Å². The number of pyridine rings is 1. The van der Waals surface area contributed by atoms with Crippen LogP contribution in [0.3, 0.4) is 0 Å². The van der Waals surface area contributed by atoms with Crippen LogP contribution in [0.1, 0.15) is 46.3 Å². The van der Waals surface area contributed by atoms with Crippen LogP contribution < -0.4 is 16.6 Å². The SMILES string of the molecule is Cc1cc(N=C(N)c2c(NCCc3ccccc3)cc[nH]c2=O)ccc1C(=O)N(C=O)CCCN1CCCC1. The van der Waals surface area contributed by atoms with Crippen LogP contribution in [0.15, 0.2) is 70.6 Å². The van der Waals surface area contributed by atoms with Gasteiger partial charge in [-0.2, -0.15) is 0 Å². The van der Waals surface area contributed by atoms with E-state index in [2.05, 4.69) is 32.3 Å². The minimum atomic E-state index is -0.347. The molecule has 3 aromatic rings. The number of likely N-dealkylation sites (tertiary alicyclic amines) is 1. The highest BCUT2D eigenvalue weighted by Crippen LogP contribution is 2.21. The number of carbonyl (C=O) groups is 2. The van der Waals surface area contributed by atoms with Crippen molar-refractivity contribution in [3.63, 3.8) is 0 Å². The van der Waals surface area contributed by atoms with Crippen LogP contribution in [0, 0.1) is 6.92 Å². The number of aromatic nitrogens is 1. The molecule has 39 heavy (non-hydrogen) atoms. The van der Waals surface area contributed by atoms with Crippen LogP contribution in [-0.4, -0.2) is 65.7 Å². The molecule has 2 aromatic carbocycles. The summed E-state index contributed by atoms with van der Waals surface area (Å²) in [6, 6.07) is 16.9. The number of amidine groups is 1. The lowest BCUT2D eigenvalue weighted by atomic mass is 10.1. The molecule has 2 heterocycles. The number of aromatic amines is 1. The number of nitrogens with two attached hydrogens (primary N) is 1. The fraction of sp³-hybridized carbons (Fsp3) is 0.333. The molecular weight excluding hydrogens is 492 g/mol. The minimum absolute atomic E-state index is 0.0639. The normalized spacial score (nSPS) is 13.8. The second-order valence-electron chi connectivity index (χ2n) is 9.76. The molecule has 1 aliphatic heterocycles. The van der Waals surface area contributed by atoms with E-state index < -0.39 is 0 Å². The average molecular weight is 529 g/mol. The number of anilines is 1. The summed E-state index contributed by atoms with van der Waals surface area (Å²) in [6.45, 7) is 5.84. The summed E-state index contributed by atoms with van der Waals surface area (Å²) >= 11 is 0. The number of rotatable bonds is 12. The molecule has 0 atom stereocenters. The lowest BCUT2D eigenvalue weighted by Crippen LogP contribution is -2.33. The lowest BCUT2D eigenvalue weighted by molar-refractivity contribution is -0.116. The maximum atomic E-state index is 13.0. The van der Waals surface area contributed by atoms with Gasteiger partial charge in [0.25, 0.3) is 11.5 Å². The van der Waals surface area contributed by atoms with Gasteiger partial charge in [0.1, 0.15) is 11.4 Å². The highest BCUT2D eigenvalue weighted by molar-refractivity contribution is 6.04. The molecule has 1 aromatic heterocycles. The van der Waals surface area contributed by atoms with Crippen molar-refractivity contribution in [2.75, 3.05) is 38.0 Å². The molecule has 9 heteroatoms. The molecule has 9 nitrogen and oxygen atoms in total. The number of aliphatic imine (C=N–C) groups is 1. The molecule has 0 radical (unpaired) electrons. The molecule has 0 aliphatic carbocycles. The first kappa shape index (κ1) is 27.8. The maximum absolute atomic E-state index is 13.0. The van der Waals surface area contributed by atoms with Gasteiger partial charge in [-0.15, -0.1) is 0 Å². The van der Waals surface area contributed by atoms with Gasteiger partial charge in [0.05, 0.1) is 11.4 Å². The summed E-state index contributed by atoms with van der Waals surface area (Å²) in [7, 11) is 0. The topological polar surface area (TPSA) is 124 Å². The van der Waals surface area contributed by atoms with E-state index in [0.29, 0.717) is 42.0 Å². The molecule has 0 saturated carbocycles. The second-order valence-corrected chi connectivity index (χ2v) is 9.76. The zero-order valence-corrected chi connectivity index (χ0v) is 22.4. The summed E-state index contributed by atoms with van der Waals surface area (Å²) in [6.07, 6.45) is 6.12. The number of hydrogen-bond donors (Lipinski definition) is 3. The molecule has 4 rings (SSSR count). The fourth-order valence-corrected chi connectivity index (χ4v) is 4.85. The molecule has 4 N–H and O–H groups in total. The van der Waals surface area contributed by atoms with E-state index in [4.69, 9.17) is 5.73 Å². The number of nitrogens with one attached hydrogen (secondary N) is 2. The third-order valence-electron chi connectivity index (χ3n) is 6.94.